The van der Waals surface area contributed by atoms with E-state index in [4.69, 9.17) is 0 Å². The van der Waals surface area contributed by atoms with E-state index < -0.39 is 0 Å². The minimum atomic E-state index is -0.0337. The van der Waals surface area contributed by atoms with Crippen LogP contribution in [-0.2, 0) is 7.05 Å². The molecule has 1 aromatic heterocycles. The van der Waals surface area contributed by atoms with Crippen molar-refractivity contribution in [3.05, 3.63) is 17.5 Å². The number of rotatable bonds is 2. The van der Waals surface area contributed by atoms with Crippen molar-refractivity contribution < 1.29 is 4.79 Å². The Labute approximate surface area is 114 Å². The Balaban J connectivity index is 0.00000162. The Hall–Kier alpha value is -1.07. The van der Waals surface area contributed by atoms with Gasteiger partial charge in [0.1, 0.15) is 5.69 Å². The number of halogens is 1. The number of amides is 1. The fourth-order valence-electron chi connectivity index (χ4n) is 2.31. The maximum absolute atomic E-state index is 12.1. The number of hydrogen-bond acceptors (Lipinski definition) is 3. The van der Waals surface area contributed by atoms with Gasteiger partial charge in [0.05, 0.1) is 5.69 Å². The highest BCUT2D eigenvalue weighted by atomic mass is 35.5. The Morgan fingerprint density at radius 1 is 1.61 bits per heavy atom. The van der Waals surface area contributed by atoms with Crippen LogP contribution >= 0.6 is 12.4 Å². The number of carbonyl (C=O) groups is 1. The van der Waals surface area contributed by atoms with Gasteiger partial charge >= 0.3 is 0 Å². The van der Waals surface area contributed by atoms with E-state index in [-0.39, 0.29) is 24.4 Å². The van der Waals surface area contributed by atoms with Crippen LogP contribution in [0.15, 0.2) is 6.07 Å². The van der Waals surface area contributed by atoms with E-state index in [1.165, 1.54) is 0 Å². The van der Waals surface area contributed by atoms with Gasteiger partial charge in [0.25, 0.3) is 5.91 Å². The van der Waals surface area contributed by atoms with Crippen LogP contribution in [-0.4, -0.2) is 34.3 Å². The first kappa shape index (κ1) is 15.0. The first-order valence-electron chi connectivity index (χ1n) is 6.13. The molecule has 2 atom stereocenters. The minimum Gasteiger partial charge on any atom is -0.346 e. The zero-order chi connectivity index (χ0) is 12.4. The van der Waals surface area contributed by atoms with Crippen LogP contribution < -0.4 is 10.6 Å². The van der Waals surface area contributed by atoms with Gasteiger partial charge in [-0.1, -0.05) is 0 Å². The summed E-state index contributed by atoms with van der Waals surface area (Å²) in [6.45, 7) is 5.04. The molecule has 1 aromatic rings. The molecule has 1 fully saturated rings. The predicted molar refractivity (Wildman–Crippen MR) is 73.1 cm³/mol. The number of nitrogens with zero attached hydrogens (tertiary/aromatic N) is 2. The lowest BCUT2D eigenvalue weighted by Gasteiger charge is -2.30. The second-order valence-electron chi connectivity index (χ2n) is 4.76. The third-order valence-corrected chi connectivity index (χ3v) is 3.31. The van der Waals surface area contributed by atoms with Crippen molar-refractivity contribution in [3.8, 4) is 0 Å². The summed E-state index contributed by atoms with van der Waals surface area (Å²) in [5.74, 6) is -0.0337. The number of carbonyl (C=O) groups excluding carboxylic acids is 1. The van der Waals surface area contributed by atoms with E-state index >= 15 is 0 Å². The van der Waals surface area contributed by atoms with E-state index in [2.05, 4.69) is 22.7 Å². The molecule has 2 heterocycles. The fraction of sp³-hybridized carbons (Fsp3) is 0.667. The van der Waals surface area contributed by atoms with Gasteiger partial charge in [-0.05, 0) is 39.3 Å². The molecule has 5 nitrogen and oxygen atoms in total. The van der Waals surface area contributed by atoms with E-state index in [1.54, 1.807) is 11.7 Å². The molecule has 0 bridgehead atoms. The monoisotopic (exact) mass is 272 g/mol. The molecule has 1 aliphatic heterocycles. The van der Waals surface area contributed by atoms with Crippen molar-refractivity contribution in [2.75, 3.05) is 6.54 Å². The summed E-state index contributed by atoms with van der Waals surface area (Å²) in [6, 6.07) is 2.37. The second kappa shape index (κ2) is 6.20. The number of hydrogen-bond donors (Lipinski definition) is 2. The van der Waals surface area contributed by atoms with Crippen LogP contribution in [0.1, 0.15) is 35.9 Å². The lowest BCUT2D eigenvalue weighted by atomic mass is 10.00. The summed E-state index contributed by atoms with van der Waals surface area (Å²) in [4.78, 5) is 12.1. The number of aromatic nitrogens is 2. The van der Waals surface area contributed by atoms with Crippen LogP contribution in [0, 0.1) is 6.92 Å². The smallest absolute Gasteiger partial charge is 0.269 e. The third kappa shape index (κ3) is 3.23. The molecule has 2 N–H and O–H groups in total. The lowest BCUT2D eigenvalue weighted by Crippen LogP contribution is -2.52. The second-order valence-corrected chi connectivity index (χ2v) is 4.76. The molecule has 6 heteroatoms. The SMILES string of the molecule is Cc1cc(C(=O)NC2CCCNC2C)n(C)n1.Cl. The molecule has 2 unspecified atom stereocenters. The Morgan fingerprint density at radius 3 is 2.89 bits per heavy atom. The van der Waals surface area contributed by atoms with Crippen LogP contribution in [0.25, 0.3) is 0 Å². The van der Waals surface area contributed by atoms with Crippen molar-refractivity contribution >= 4 is 18.3 Å². The largest absolute Gasteiger partial charge is 0.346 e. The number of piperidine rings is 1. The summed E-state index contributed by atoms with van der Waals surface area (Å²) in [7, 11) is 1.80. The summed E-state index contributed by atoms with van der Waals surface area (Å²) in [6.07, 6.45) is 2.15. The molecule has 0 saturated carbocycles. The van der Waals surface area contributed by atoms with Crippen LogP contribution in [0.5, 0.6) is 0 Å². The zero-order valence-corrected chi connectivity index (χ0v) is 11.9. The van der Waals surface area contributed by atoms with E-state index in [0.29, 0.717) is 11.7 Å². The highest BCUT2D eigenvalue weighted by Crippen LogP contribution is 2.10. The molecule has 0 aliphatic carbocycles. The average Bonchev–Trinajstić information content (AvgIpc) is 2.61. The molecule has 102 valence electrons. The molecule has 1 amide bonds. The first-order valence-corrected chi connectivity index (χ1v) is 6.13. The van der Waals surface area contributed by atoms with Crippen LogP contribution in [0.4, 0.5) is 0 Å². The first-order chi connectivity index (χ1) is 8.08. The molecular formula is C12H21ClN4O. The van der Waals surface area contributed by atoms with E-state index in [1.807, 2.05) is 13.0 Å². The predicted octanol–water partition coefficient (Wildman–Crippen LogP) is 1.02. The van der Waals surface area contributed by atoms with Gasteiger partial charge in [0.15, 0.2) is 0 Å². The molecule has 2 rings (SSSR count). The van der Waals surface area contributed by atoms with E-state index in [0.717, 1.165) is 25.1 Å². The summed E-state index contributed by atoms with van der Waals surface area (Å²) >= 11 is 0. The average molecular weight is 273 g/mol. The van der Waals surface area contributed by atoms with Gasteiger partial charge in [-0.25, -0.2) is 0 Å². The minimum absolute atomic E-state index is 0. The molecule has 0 spiro atoms. The highest BCUT2D eigenvalue weighted by Gasteiger charge is 2.23. The Morgan fingerprint density at radius 2 is 2.33 bits per heavy atom. The lowest BCUT2D eigenvalue weighted by molar-refractivity contribution is 0.0910. The summed E-state index contributed by atoms with van der Waals surface area (Å²) < 4.78 is 1.63. The zero-order valence-electron chi connectivity index (χ0n) is 11.1. The van der Waals surface area contributed by atoms with Crippen molar-refractivity contribution in [1.82, 2.24) is 20.4 Å². The molecule has 0 aromatic carbocycles. The highest BCUT2D eigenvalue weighted by molar-refractivity contribution is 5.92. The maximum atomic E-state index is 12.1. The van der Waals surface area contributed by atoms with Crippen molar-refractivity contribution in [1.29, 1.82) is 0 Å². The summed E-state index contributed by atoms with van der Waals surface area (Å²) in [5, 5.41) is 10.6. The topological polar surface area (TPSA) is 59.0 Å². The van der Waals surface area contributed by atoms with Gasteiger partial charge < -0.3 is 10.6 Å². The van der Waals surface area contributed by atoms with Crippen LogP contribution in [0.3, 0.4) is 0 Å². The normalized spacial score (nSPS) is 23.3. The van der Waals surface area contributed by atoms with Crippen molar-refractivity contribution in [2.24, 2.45) is 7.05 Å². The van der Waals surface area contributed by atoms with Gasteiger partial charge in [0.2, 0.25) is 0 Å². The molecule has 1 aliphatic rings. The van der Waals surface area contributed by atoms with Gasteiger partial charge in [0, 0.05) is 19.1 Å². The standard InChI is InChI=1S/C12H20N4O.ClH/c1-8-7-11(16(3)15-8)12(17)14-10-5-4-6-13-9(10)2;/h7,9-10,13H,4-6H2,1-3H3,(H,14,17);1H. The third-order valence-electron chi connectivity index (χ3n) is 3.31. The van der Waals surface area contributed by atoms with E-state index in [9.17, 15) is 4.79 Å². The van der Waals surface area contributed by atoms with Crippen molar-refractivity contribution in [3.63, 3.8) is 0 Å². The molecular weight excluding hydrogens is 252 g/mol. The van der Waals surface area contributed by atoms with Crippen LogP contribution in [0.2, 0.25) is 0 Å². The summed E-state index contributed by atoms with van der Waals surface area (Å²) in [5.41, 5.74) is 1.49. The van der Waals surface area contributed by atoms with Gasteiger partial charge in [-0.15, -0.1) is 12.4 Å². The number of nitrogens with one attached hydrogen (secondary N) is 2. The molecule has 1 saturated heterocycles. The Kier molecular flexibility index (Phi) is 5.16. The maximum Gasteiger partial charge on any atom is 0.269 e. The molecule has 18 heavy (non-hydrogen) atoms. The Bertz CT molecular complexity index is 418. The van der Waals surface area contributed by atoms with Gasteiger partial charge in [-0.2, -0.15) is 5.10 Å². The van der Waals surface area contributed by atoms with Crippen molar-refractivity contribution in [2.45, 2.75) is 38.8 Å². The van der Waals surface area contributed by atoms with Gasteiger partial charge in [-0.3, -0.25) is 9.48 Å². The fourth-order valence-corrected chi connectivity index (χ4v) is 2.31. The number of aryl methyl sites for hydroxylation is 2. The molecule has 0 radical (unpaired) electrons. The quantitative estimate of drug-likeness (QED) is 0.845.